The van der Waals surface area contributed by atoms with Crippen molar-refractivity contribution in [3.05, 3.63) is 59.8 Å². The third kappa shape index (κ3) is 4.88. The molecule has 0 aliphatic heterocycles. The van der Waals surface area contributed by atoms with Crippen molar-refractivity contribution in [1.29, 1.82) is 0 Å². The largest absolute Gasteiger partial charge is 0.478 e. The van der Waals surface area contributed by atoms with Gasteiger partial charge in [-0.25, -0.2) is 9.78 Å². The molecule has 0 spiro atoms. The van der Waals surface area contributed by atoms with Gasteiger partial charge in [0.05, 0.1) is 5.56 Å². The summed E-state index contributed by atoms with van der Waals surface area (Å²) in [7, 11) is 1.99. The number of hydrogen-bond acceptors (Lipinski definition) is 3. The van der Waals surface area contributed by atoms with Gasteiger partial charge in [-0.05, 0) is 37.0 Å². The summed E-state index contributed by atoms with van der Waals surface area (Å²) in [5, 5.41) is 8.86. The molecule has 4 heteroatoms. The SMILES string of the molecule is CN(CCCCCc1ccccc1)c1ccc(C(=O)O)cn1. The lowest BCUT2D eigenvalue weighted by Crippen LogP contribution is -2.19. The topological polar surface area (TPSA) is 53.4 Å². The van der Waals surface area contributed by atoms with E-state index in [0.717, 1.165) is 25.2 Å². The van der Waals surface area contributed by atoms with E-state index in [1.807, 2.05) is 13.1 Å². The zero-order valence-corrected chi connectivity index (χ0v) is 12.9. The van der Waals surface area contributed by atoms with Crippen LogP contribution in [0.25, 0.3) is 0 Å². The summed E-state index contributed by atoms with van der Waals surface area (Å²) in [6.45, 7) is 0.925. The first-order valence-corrected chi connectivity index (χ1v) is 7.61. The van der Waals surface area contributed by atoms with Crippen molar-refractivity contribution in [3.63, 3.8) is 0 Å². The minimum absolute atomic E-state index is 0.222. The monoisotopic (exact) mass is 298 g/mol. The van der Waals surface area contributed by atoms with Gasteiger partial charge in [-0.15, -0.1) is 0 Å². The quantitative estimate of drug-likeness (QED) is 0.756. The molecule has 1 N–H and O–H groups in total. The minimum atomic E-state index is -0.942. The van der Waals surface area contributed by atoms with Crippen LogP contribution in [0.3, 0.4) is 0 Å². The summed E-state index contributed by atoms with van der Waals surface area (Å²) >= 11 is 0. The number of carboxylic acids is 1. The van der Waals surface area contributed by atoms with Crippen molar-refractivity contribution < 1.29 is 9.90 Å². The Morgan fingerprint density at radius 3 is 2.50 bits per heavy atom. The van der Waals surface area contributed by atoms with Gasteiger partial charge in [0.25, 0.3) is 0 Å². The predicted molar refractivity (Wildman–Crippen MR) is 88.5 cm³/mol. The van der Waals surface area contributed by atoms with E-state index in [4.69, 9.17) is 5.11 Å². The maximum atomic E-state index is 10.8. The fraction of sp³-hybridized carbons (Fsp3) is 0.333. The first-order chi connectivity index (χ1) is 10.7. The number of carbonyl (C=O) groups is 1. The van der Waals surface area contributed by atoms with Crippen LogP contribution >= 0.6 is 0 Å². The number of hydrogen-bond donors (Lipinski definition) is 1. The van der Waals surface area contributed by atoms with Crippen molar-refractivity contribution in [2.45, 2.75) is 25.7 Å². The second-order valence-corrected chi connectivity index (χ2v) is 5.43. The van der Waals surface area contributed by atoms with Crippen molar-refractivity contribution in [3.8, 4) is 0 Å². The van der Waals surface area contributed by atoms with Gasteiger partial charge in [-0.3, -0.25) is 0 Å². The van der Waals surface area contributed by atoms with E-state index < -0.39 is 5.97 Å². The second kappa shape index (κ2) is 8.17. The van der Waals surface area contributed by atoms with Crippen LogP contribution in [0, 0.1) is 0 Å². The third-order valence-corrected chi connectivity index (χ3v) is 3.69. The van der Waals surface area contributed by atoms with Crippen LogP contribution in [0.2, 0.25) is 0 Å². The Hall–Kier alpha value is -2.36. The molecule has 1 aromatic heterocycles. The highest BCUT2D eigenvalue weighted by atomic mass is 16.4. The molecular weight excluding hydrogens is 276 g/mol. The highest BCUT2D eigenvalue weighted by molar-refractivity contribution is 5.87. The van der Waals surface area contributed by atoms with Gasteiger partial charge in [-0.1, -0.05) is 36.8 Å². The molecule has 0 bridgehead atoms. The number of aryl methyl sites for hydroxylation is 1. The van der Waals surface area contributed by atoms with Crippen LogP contribution in [0.4, 0.5) is 5.82 Å². The standard InChI is InChI=1S/C18H22N2O2/c1-20(17-12-11-16(14-19-17)18(21)22)13-7-3-6-10-15-8-4-2-5-9-15/h2,4-5,8-9,11-12,14H,3,6-7,10,13H2,1H3,(H,21,22). The molecule has 4 nitrogen and oxygen atoms in total. The Morgan fingerprint density at radius 1 is 1.09 bits per heavy atom. The third-order valence-electron chi connectivity index (χ3n) is 3.69. The lowest BCUT2D eigenvalue weighted by atomic mass is 10.1. The molecule has 0 saturated carbocycles. The van der Waals surface area contributed by atoms with Crippen LogP contribution in [0.15, 0.2) is 48.7 Å². The van der Waals surface area contributed by atoms with E-state index in [2.05, 4.69) is 34.1 Å². The normalized spacial score (nSPS) is 10.4. The van der Waals surface area contributed by atoms with Crippen LogP contribution < -0.4 is 4.90 Å². The maximum Gasteiger partial charge on any atom is 0.337 e. The Morgan fingerprint density at radius 2 is 1.86 bits per heavy atom. The highest BCUT2D eigenvalue weighted by Crippen LogP contribution is 2.12. The fourth-order valence-electron chi connectivity index (χ4n) is 2.35. The summed E-state index contributed by atoms with van der Waals surface area (Å²) in [6, 6.07) is 13.9. The molecule has 2 rings (SSSR count). The lowest BCUT2D eigenvalue weighted by Gasteiger charge is -2.18. The summed E-state index contributed by atoms with van der Waals surface area (Å²) in [4.78, 5) is 17.0. The zero-order valence-electron chi connectivity index (χ0n) is 12.9. The minimum Gasteiger partial charge on any atom is -0.478 e. The van der Waals surface area contributed by atoms with E-state index in [9.17, 15) is 4.79 Å². The molecular formula is C18H22N2O2. The molecule has 1 heterocycles. The number of pyridine rings is 1. The number of benzene rings is 1. The van der Waals surface area contributed by atoms with Crippen molar-refractivity contribution in [1.82, 2.24) is 4.98 Å². The number of anilines is 1. The fourth-order valence-corrected chi connectivity index (χ4v) is 2.35. The summed E-state index contributed by atoms with van der Waals surface area (Å²) < 4.78 is 0. The molecule has 22 heavy (non-hydrogen) atoms. The van der Waals surface area contributed by atoms with E-state index in [-0.39, 0.29) is 5.56 Å². The first kappa shape index (κ1) is 16.0. The number of unbranched alkanes of at least 4 members (excludes halogenated alkanes) is 2. The van der Waals surface area contributed by atoms with Gasteiger partial charge in [0.15, 0.2) is 0 Å². The molecule has 2 aromatic rings. The van der Waals surface area contributed by atoms with E-state index in [1.54, 1.807) is 12.1 Å². The highest BCUT2D eigenvalue weighted by Gasteiger charge is 2.05. The van der Waals surface area contributed by atoms with E-state index in [1.165, 1.54) is 24.6 Å². The summed E-state index contributed by atoms with van der Waals surface area (Å²) in [6.07, 6.45) is 5.99. The molecule has 0 unspecified atom stereocenters. The van der Waals surface area contributed by atoms with Crippen LogP contribution in [-0.4, -0.2) is 29.7 Å². The molecule has 0 radical (unpaired) electrons. The van der Waals surface area contributed by atoms with Gasteiger partial charge in [0.2, 0.25) is 0 Å². The van der Waals surface area contributed by atoms with Gasteiger partial charge >= 0.3 is 5.97 Å². The molecule has 1 aromatic carbocycles. The first-order valence-electron chi connectivity index (χ1n) is 7.61. The van der Waals surface area contributed by atoms with Gasteiger partial charge < -0.3 is 10.0 Å². The Kier molecular flexibility index (Phi) is 5.95. The van der Waals surface area contributed by atoms with Crippen LogP contribution in [-0.2, 0) is 6.42 Å². The molecule has 0 saturated heterocycles. The number of carboxylic acid groups (broad SMARTS) is 1. The average Bonchev–Trinajstić information content (AvgIpc) is 2.55. The Labute approximate surface area is 131 Å². The Bertz CT molecular complexity index is 582. The molecule has 0 amide bonds. The summed E-state index contributed by atoms with van der Waals surface area (Å²) in [5.41, 5.74) is 1.61. The molecule has 116 valence electrons. The smallest absolute Gasteiger partial charge is 0.337 e. The van der Waals surface area contributed by atoms with Crippen LogP contribution in [0.5, 0.6) is 0 Å². The predicted octanol–water partition coefficient (Wildman–Crippen LogP) is 3.63. The van der Waals surface area contributed by atoms with Crippen LogP contribution in [0.1, 0.15) is 35.2 Å². The second-order valence-electron chi connectivity index (χ2n) is 5.43. The maximum absolute atomic E-state index is 10.8. The van der Waals surface area contributed by atoms with Gasteiger partial charge in [0.1, 0.15) is 5.82 Å². The number of rotatable bonds is 8. The van der Waals surface area contributed by atoms with Crippen molar-refractivity contribution >= 4 is 11.8 Å². The van der Waals surface area contributed by atoms with Crippen molar-refractivity contribution in [2.24, 2.45) is 0 Å². The average molecular weight is 298 g/mol. The lowest BCUT2D eigenvalue weighted by molar-refractivity contribution is 0.0696. The zero-order chi connectivity index (χ0) is 15.8. The molecule has 0 aliphatic rings. The van der Waals surface area contributed by atoms with Gasteiger partial charge in [-0.2, -0.15) is 0 Å². The van der Waals surface area contributed by atoms with E-state index in [0.29, 0.717) is 0 Å². The Balaban J connectivity index is 1.69. The van der Waals surface area contributed by atoms with Crippen molar-refractivity contribution in [2.75, 3.05) is 18.5 Å². The number of aromatic carboxylic acids is 1. The summed E-state index contributed by atoms with van der Waals surface area (Å²) in [5.74, 6) is -0.129. The van der Waals surface area contributed by atoms with Gasteiger partial charge in [0, 0.05) is 19.8 Å². The molecule has 0 aliphatic carbocycles. The molecule has 0 fully saturated rings. The number of aromatic nitrogens is 1. The number of nitrogens with zero attached hydrogens (tertiary/aromatic N) is 2. The van der Waals surface area contributed by atoms with E-state index >= 15 is 0 Å². The molecule has 0 atom stereocenters.